The number of hydrogen-bond donors (Lipinski definition) is 2. The van der Waals surface area contributed by atoms with Gasteiger partial charge in [-0.05, 0) is 71.5 Å². The average Bonchev–Trinajstić information content (AvgIpc) is 3.29. The Labute approximate surface area is 235 Å². The number of aliphatic hydroxyl groups is 1. The lowest BCUT2D eigenvalue weighted by atomic mass is 10.1. The van der Waals surface area contributed by atoms with Crippen molar-refractivity contribution < 1.29 is 18.3 Å². The maximum Gasteiger partial charge on any atom is 0.241 e. The lowest BCUT2D eigenvalue weighted by molar-refractivity contribution is -0.118. The van der Waals surface area contributed by atoms with Crippen LogP contribution in [0.25, 0.3) is 0 Å². The van der Waals surface area contributed by atoms with Gasteiger partial charge in [0, 0.05) is 24.7 Å². The number of carbonyl (C=O) groups is 1. The van der Waals surface area contributed by atoms with Crippen molar-refractivity contribution in [2.45, 2.75) is 56.2 Å². The molecule has 2 unspecified atom stereocenters. The van der Waals surface area contributed by atoms with Crippen LogP contribution in [0.15, 0.2) is 102 Å². The van der Waals surface area contributed by atoms with Crippen LogP contribution >= 0.6 is 0 Å². The van der Waals surface area contributed by atoms with Crippen molar-refractivity contribution in [2.24, 2.45) is 0 Å². The van der Waals surface area contributed by atoms with Gasteiger partial charge in [-0.1, -0.05) is 61.5 Å². The number of aryl methyl sites for hydroxylation is 2. The van der Waals surface area contributed by atoms with Crippen molar-refractivity contribution in [1.82, 2.24) is 9.71 Å². The largest absolute Gasteiger partial charge is 0.391 e. The van der Waals surface area contributed by atoms with Crippen molar-refractivity contribution >= 4 is 21.6 Å². The van der Waals surface area contributed by atoms with E-state index >= 15 is 0 Å². The second-order valence-electron chi connectivity index (χ2n) is 10.0. The molecule has 1 amide bonds. The lowest BCUT2D eigenvalue weighted by Crippen LogP contribution is -2.34. The molecule has 0 radical (unpaired) electrons. The van der Waals surface area contributed by atoms with Gasteiger partial charge in [0.15, 0.2) is 0 Å². The normalized spacial score (nSPS) is 16.4. The van der Waals surface area contributed by atoms with Crippen molar-refractivity contribution in [3.63, 3.8) is 0 Å². The Kier molecular flexibility index (Phi) is 8.40. The van der Waals surface area contributed by atoms with Crippen LogP contribution < -0.4 is 9.62 Å². The van der Waals surface area contributed by atoms with E-state index in [0.29, 0.717) is 30.5 Å². The summed E-state index contributed by atoms with van der Waals surface area (Å²) in [5, 5.41) is 10.9. The number of pyridine rings is 1. The number of nitrogens with zero attached hydrogens (tertiary/aromatic N) is 2. The lowest BCUT2D eigenvalue weighted by Gasteiger charge is -2.25. The third-order valence-corrected chi connectivity index (χ3v) is 8.79. The molecule has 0 spiro atoms. The first-order valence-corrected chi connectivity index (χ1v) is 15.0. The predicted octanol–water partition coefficient (Wildman–Crippen LogP) is 4.75. The van der Waals surface area contributed by atoms with Crippen LogP contribution in [-0.2, 0) is 40.6 Å². The number of anilines is 1. The van der Waals surface area contributed by atoms with E-state index < -0.39 is 22.2 Å². The number of rotatable bonds is 10. The molecular weight excluding hydrogens is 522 g/mol. The van der Waals surface area contributed by atoms with Crippen LogP contribution in [0.1, 0.15) is 47.3 Å². The molecule has 1 heterocycles. The first kappa shape index (κ1) is 27.7. The fourth-order valence-electron chi connectivity index (χ4n) is 5.07. The summed E-state index contributed by atoms with van der Waals surface area (Å²) < 4.78 is 29.2. The van der Waals surface area contributed by atoms with Crippen LogP contribution in [0.3, 0.4) is 0 Å². The van der Waals surface area contributed by atoms with Crippen molar-refractivity contribution in [3.05, 3.63) is 125 Å². The highest BCUT2D eigenvalue weighted by Gasteiger charge is 2.35. The molecule has 1 aliphatic carbocycles. The zero-order chi connectivity index (χ0) is 28.1. The highest BCUT2D eigenvalue weighted by atomic mass is 32.2. The maximum absolute atomic E-state index is 13.6. The molecule has 3 aromatic carbocycles. The molecule has 0 saturated carbocycles. The molecule has 0 fully saturated rings. The van der Waals surface area contributed by atoms with E-state index in [4.69, 9.17) is 0 Å². The van der Waals surface area contributed by atoms with Gasteiger partial charge >= 0.3 is 0 Å². The van der Waals surface area contributed by atoms with Gasteiger partial charge in [0.05, 0.1) is 29.3 Å². The van der Waals surface area contributed by atoms with E-state index in [1.807, 2.05) is 73.7 Å². The zero-order valence-corrected chi connectivity index (χ0v) is 23.2. The fraction of sp³-hybridized carbons (Fsp3) is 0.250. The third kappa shape index (κ3) is 6.31. The molecule has 206 valence electrons. The van der Waals surface area contributed by atoms with E-state index in [0.717, 1.165) is 28.8 Å². The number of sulfonamides is 1. The number of aliphatic hydroxyl groups excluding tert-OH is 1. The van der Waals surface area contributed by atoms with Gasteiger partial charge in [-0.15, -0.1) is 0 Å². The minimum Gasteiger partial charge on any atom is -0.391 e. The molecule has 4 aromatic rings. The summed E-state index contributed by atoms with van der Waals surface area (Å²) in [6.07, 6.45) is 2.80. The summed E-state index contributed by atoms with van der Waals surface area (Å²) in [5.41, 5.74) is 5.00. The van der Waals surface area contributed by atoms with Crippen molar-refractivity contribution in [1.29, 1.82) is 0 Å². The summed E-state index contributed by atoms with van der Waals surface area (Å²) in [6, 6.07) is 26.9. The number of benzene rings is 3. The molecule has 8 heteroatoms. The van der Waals surface area contributed by atoms with Crippen molar-refractivity contribution in [2.75, 3.05) is 4.90 Å². The SMILES string of the molecule is CCc1ccc(S(=O)(=O)NC2c3cc(N(Cc4ccccn4)C(=O)CCc4ccccc4)ccc3CC2O)cc1. The highest BCUT2D eigenvalue weighted by molar-refractivity contribution is 7.89. The molecule has 0 bridgehead atoms. The standard InChI is InChI=1S/C32H33N3O4S/c1-2-23-11-16-28(17-12-23)40(38,39)34-32-29-21-27(15-14-25(29)20-30(32)36)35(22-26-10-6-7-19-33-26)31(37)18-13-24-8-4-3-5-9-24/h3-12,14-17,19,21,30,32,34,36H,2,13,18,20,22H2,1H3. The monoisotopic (exact) mass is 555 g/mol. The number of fused-ring (bicyclic) bond motifs is 1. The second kappa shape index (κ2) is 12.1. The first-order chi connectivity index (χ1) is 19.3. The number of carbonyl (C=O) groups excluding carboxylic acids is 1. The molecule has 5 rings (SSSR count). The Morgan fingerprint density at radius 3 is 2.42 bits per heavy atom. The van der Waals surface area contributed by atoms with E-state index in [1.165, 1.54) is 0 Å². The summed E-state index contributed by atoms with van der Waals surface area (Å²) in [7, 11) is -3.88. The molecule has 0 saturated heterocycles. The topological polar surface area (TPSA) is 99.6 Å². The van der Waals surface area contributed by atoms with E-state index in [1.54, 1.807) is 35.4 Å². The Morgan fingerprint density at radius 2 is 1.73 bits per heavy atom. The van der Waals surface area contributed by atoms with Crippen LogP contribution in [0.4, 0.5) is 5.69 Å². The van der Waals surface area contributed by atoms with Gasteiger partial charge in [-0.2, -0.15) is 0 Å². The minimum atomic E-state index is -3.88. The molecule has 0 aliphatic heterocycles. The minimum absolute atomic E-state index is 0.0684. The number of aromatic nitrogens is 1. The number of amides is 1. The Hall–Kier alpha value is -3.85. The van der Waals surface area contributed by atoms with Crippen molar-refractivity contribution in [3.8, 4) is 0 Å². The van der Waals surface area contributed by atoms with E-state index in [2.05, 4.69) is 9.71 Å². The second-order valence-corrected chi connectivity index (χ2v) is 11.8. The first-order valence-electron chi connectivity index (χ1n) is 13.5. The van der Waals surface area contributed by atoms with Gasteiger partial charge in [0.25, 0.3) is 0 Å². The molecule has 1 aromatic heterocycles. The smallest absolute Gasteiger partial charge is 0.241 e. The van der Waals surface area contributed by atoms with Crippen LogP contribution in [-0.4, -0.2) is 30.5 Å². The average molecular weight is 556 g/mol. The summed E-state index contributed by atoms with van der Waals surface area (Å²) in [5.74, 6) is -0.0684. The highest BCUT2D eigenvalue weighted by Crippen LogP contribution is 2.36. The summed E-state index contributed by atoms with van der Waals surface area (Å²) >= 11 is 0. The van der Waals surface area contributed by atoms with Crippen LogP contribution in [0.2, 0.25) is 0 Å². The van der Waals surface area contributed by atoms with Gasteiger partial charge in [-0.25, -0.2) is 13.1 Å². The Bertz CT molecular complexity index is 1560. The van der Waals surface area contributed by atoms with Gasteiger partial charge in [0.1, 0.15) is 0 Å². The molecule has 1 aliphatic rings. The quantitative estimate of drug-likeness (QED) is 0.294. The van der Waals surface area contributed by atoms with Gasteiger partial charge in [0.2, 0.25) is 15.9 Å². The third-order valence-electron chi connectivity index (χ3n) is 7.33. The number of hydrogen-bond acceptors (Lipinski definition) is 5. The zero-order valence-electron chi connectivity index (χ0n) is 22.4. The van der Waals surface area contributed by atoms with E-state index in [-0.39, 0.29) is 17.3 Å². The predicted molar refractivity (Wildman–Crippen MR) is 155 cm³/mol. The van der Waals surface area contributed by atoms with E-state index in [9.17, 15) is 18.3 Å². The molecule has 7 nitrogen and oxygen atoms in total. The molecule has 2 N–H and O–H groups in total. The number of nitrogens with one attached hydrogen (secondary N) is 1. The molecular formula is C32H33N3O4S. The van der Waals surface area contributed by atoms with Crippen LogP contribution in [0.5, 0.6) is 0 Å². The Balaban J connectivity index is 1.43. The fourth-order valence-corrected chi connectivity index (χ4v) is 6.31. The molecule has 2 atom stereocenters. The Morgan fingerprint density at radius 1 is 0.975 bits per heavy atom. The van der Waals surface area contributed by atoms with Crippen LogP contribution in [0, 0.1) is 0 Å². The molecule has 40 heavy (non-hydrogen) atoms. The summed E-state index contributed by atoms with van der Waals surface area (Å²) in [4.78, 5) is 19.8. The van der Waals surface area contributed by atoms with Gasteiger partial charge in [-0.3, -0.25) is 9.78 Å². The summed E-state index contributed by atoms with van der Waals surface area (Å²) in [6.45, 7) is 2.28. The van der Waals surface area contributed by atoms with Gasteiger partial charge < -0.3 is 10.0 Å². The maximum atomic E-state index is 13.6.